The molecule has 0 atom stereocenters. The van der Waals surface area contributed by atoms with E-state index in [0.717, 1.165) is 17.9 Å². The molecule has 0 aromatic heterocycles. The van der Waals surface area contributed by atoms with E-state index in [9.17, 15) is 4.79 Å². The van der Waals surface area contributed by atoms with Crippen LogP contribution in [0.25, 0.3) is 0 Å². The second-order valence-electron chi connectivity index (χ2n) is 5.23. The average molecular weight is 261 g/mol. The maximum Gasteiger partial charge on any atom is 0.247 e. The fraction of sp³-hybridized carbons (Fsp3) is 0.533. The maximum atomic E-state index is 12.7. The maximum absolute atomic E-state index is 12.7. The number of likely N-dealkylation sites (N-methyl/N-ethyl adjacent to an activating group) is 1. The van der Waals surface area contributed by atoms with Crippen LogP contribution in [-0.4, -0.2) is 31.6 Å². The lowest BCUT2D eigenvalue weighted by atomic mass is 9.91. The number of carbonyl (C=O) groups excluding carboxylic acids is 1. The van der Waals surface area contributed by atoms with Crippen molar-refractivity contribution in [3.05, 3.63) is 24.3 Å². The van der Waals surface area contributed by atoms with Gasteiger partial charge in [0.15, 0.2) is 0 Å². The molecule has 0 saturated heterocycles. The van der Waals surface area contributed by atoms with Gasteiger partial charge in [0.05, 0.1) is 16.9 Å². The van der Waals surface area contributed by atoms with Gasteiger partial charge in [0.25, 0.3) is 0 Å². The number of para-hydroxylation sites is 2. The topological polar surface area (TPSA) is 49.6 Å². The second-order valence-corrected chi connectivity index (χ2v) is 5.23. The highest BCUT2D eigenvalue weighted by Crippen LogP contribution is 2.33. The number of rotatable bonds is 3. The number of benzene rings is 1. The Balaban J connectivity index is 2.38. The quantitative estimate of drug-likeness (QED) is 0.905. The van der Waals surface area contributed by atoms with Gasteiger partial charge in [-0.3, -0.25) is 4.79 Å². The minimum Gasteiger partial charge on any atom is -0.371 e. The molecule has 1 amide bonds. The lowest BCUT2D eigenvalue weighted by Gasteiger charge is -2.39. The van der Waals surface area contributed by atoms with Gasteiger partial charge in [-0.05, 0) is 25.0 Å². The summed E-state index contributed by atoms with van der Waals surface area (Å²) in [5, 5.41) is 0. The fourth-order valence-corrected chi connectivity index (χ4v) is 2.54. The van der Waals surface area contributed by atoms with Crippen molar-refractivity contribution in [2.24, 2.45) is 5.73 Å². The third-order valence-corrected chi connectivity index (χ3v) is 4.18. The van der Waals surface area contributed by atoms with E-state index in [2.05, 4.69) is 11.9 Å². The monoisotopic (exact) mass is 261 g/mol. The predicted molar refractivity (Wildman–Crippen MR) is 79.6 cm³/mol. The van der Waals surface area contributed by atoms with Gasteiger partial charge in [0.2, 0.25) is 5.91 Å². The summed E-state index contributed by atoms with van der Waals surface area (Å²) in [6.07, 6.45) is 1.33. The van der Waals surface area contributed by atoms with Gasteiger partial charge < -0.3 is 15.5 Å². The summed E-state index contributed by atoms with van der Waals surface area (Å²) in [7, 11) is 2.05. The average Bonchev–Trinajstić information content (AvgIpc) is 2.46. The largest absolute Gasteiger partial charge is 0.371 e. The van der Waals surface area contributed by atoms with E-state index >= 15 is 0 Å². The molecule has 2 rings (SSSR count). The van der Waals surface area contributed by atoms with E-state index in [1.165, 1.54) is 0 Å². The summed E-state index contributed by atoms with van der Waals surface area (Å²) >= 11 is 0. The van der Waals surface area contributed by atoms with Crippen LogP contribution in [0, 0.1) is 0 Å². The van der Waals surface area contributed by atoms with Crippen LogP contribution in [0.3, 0.4) is 0 Å². The van der Waals surface area contributed by atoms with Crippen LogP contribution in [0.4, 0.5) is 11.4 Å². The number of fused-ring (bicyclic) bond motifs is 1. The number of nitrogens with two attached hydrogens (primary N) is 1. The summed E-state index contributed by atoms with van der Waals surface area (Å²) in [6, 6.07) is 8.01. The van der Waals surface area contributed by atoms with Gasteiger partial charge in [-0.2, -0.15) is 0 Å². The molecule has 1 aliphatic rings. The van der Waals surface area contributed by atoms with E-state index in [0.29, 0.717) is 19.4 Å². The molecule has 1 aliphatic heterocycles. The molecule has 0 radical (unpaired) electrons. The van der Waals surface area contributed by atoms with Crippen LogP contribution < -0.4 is 15.5 Å². The van der Waals surface area contributed by atoms with E-state index < -0.39 is 5.54 Å². The number of nitrogens with zero attached hydrogens (tertiary/aromatic N) is 2. The van der Waals surface area contributed by atoms with Crippen molar-refractivity contribution in [1.29, 1.82) is 0 Å². The molecule has 1 aromatic carbocycles. The Hall–Kier alpha value is -1.55. The highest BCUT2D eigenvalue weighted by molar-refractivity contribution is 6.03. The minimum absolute atomic E-state index is 0.0399. The molecule has 4 heteroatoms. The highest BCUT2D eigenvalue weighted by atomic mass is 16.2. The molecule has 2 N–H and O–H groups in total. The van der Waals surface area contributed by atoms with E-state index in [-0.39, 0.29) is 5.91 Å². The minimum atomic E-state index is -0.747. The predicted octanol–water partition coefficient (Wildman–Crippen LogP) is 1.99. The van der Waals surface area contributed by atoms with Crippen molar-refractivity contribution in [3.63, 3.8) is 0 Å². The first-order chi connectivity index (χ1) is 9.03. The van der Waals surface area contributed by atoms with Gasteiger partial charge in [-0.15, -0.1) is 0 Å². The molecular formula is C15H23N3O. The third-order valence-electron chi connectivity index (χ3n) is 4.18. The first-order valence-electron chi connectivity index (χ1n) is 6.94. The molecule has 0 spiro atoms. The number of carbonyl (C=O) groups is 1. The molecule has 1 heterocycles. The van der Waals surface area contributed by atoms with Crippen molar-refractivity contribution >= 4 is 17.3 Å². The molecule has 0 saturated carbocycles. The van der Waals surface area contributed by atoms with Gasteiger partial charge >= 0.3 is 0 Å². The Labute approximate surface area is 115 Å². The van der Waals surface area contributed by atoms with Crippen molar-refractivity contribution in [3.8, 4) is 0 Å². The van der Waals surface area contributed by atoms with Gasteiger partial charge in [-0.25, -0.2) is 0 Å². The van der Waals surface area contributed by atoms with Crippen molar-refractivity contribution < 1.29 is 4.79 Å². The van der Waals surface area contributed by atoms with Crippen molar-refractivity contribution in [2.75, 3.05) is 29.9 Å². The molecule has 0 unspecified atom stereocenters. The summed E-state index contributed by atoms with van der Waals surface area (Å²) in [6.45, 7) is 5.49. The molecule has 104 valence electrons. The lowest BCUT2D eigenvalue weighted by molar-refractivity contribution is -0.124. The Morgan fingerprint density at radius 1 is 1.21 bits per heavy atom. The van der Waals surface area contributed by atoms with Crippen LogP contribution in [0.5, 0.6) is 0 Å². The number of anilines is 2. The van der Waals surface area contributed by atoms with E-state index in [1.54, 1.807) is 0 Å². The molecule has 0 fully saturated rings. The van der Waals surface area contributed by atoms with Gasteiger partial charge in [-0.1, -0.05) is 26.0 Å². The van der Waals surface area contributed by atoms with Crippen molar-refractivity contribution in [1.82, 2.24) is 0 Å². The first kappa shape index (κ1) is 13.9. The molecule has 0 bridgehead atoms. The molecule has 19 heavy (non-hydrogen) atoms. The van der Waals surface area contributed by atoms with Gasteiger partial charge in [0, 0.05) is 20.1 Å². The lowest BCUT2D eigenvalue weighted by Crippen LogP contribution is -2.57. The smallest absolute Gasteiger partial charge is 0.247 e. The fourth-order valence-electron chi connectivity index (χ4n) is 2.54. The SMILES string of the molecule is CCC(N)(CC)C(=O)N1CCN(C)c2ccccc21. The zero-order valence-electron chi connectivity index (χ0n) is 12.0. The molecule has 1 aromatic rings. The van der Waals surface area contributed by atoms with Crippen LogP contribution in [0.1, 0.15) is 26.7 Å². The zero-order chi connectivity index (χ0) is 14.0. The summed E-state index contributed by atoms with van der Waals surface area (Å²) in [5.41, 5.74) is 7.58. The third kappa shape index (κ3) is 2.32. The van der Waals surface area contributed by atoms with E-state index in [4.69, 9.17) is 5.73 Å². The molecule has 4 nitrogen and oxygen atoms in total. The Kier molecular flexibility index (Phi) is 3.80. The highest BCUT2D eigenvalue weighted by Gasteiger charge is 2.36. The summed E-state index contributed by atoms with van der Waals surface area (Å²) in [5.74, 6) is 0.0399. The number of hydrogen-bond donors (Lipinski definition) is 1. The van der Waals surface area contributed by atoms with Crippen LogP contribution in [0.15, 0.2) is 24.3 Å². The summed E-state index contributed by atoms with van der Waals surface area (Å²) in [4.78, 5) is 16.8. The Morgan fingerprint density at radius 3 is 2.37 bits per heavy atom. The Morgan fingerprint density at radius 2 is 1.79 bits per heavy atom. The second kappa shape index (κ2) is 5.21. The molecular weight excluding hydrogens is 238 g/mol. The zero-order valence-corrected chi connectivity index (χ0v) is 12.0. The van der Waals surface area contributed by atoms with Crippen LogP contribution >= 0.6 is 0 Å². The summed E-state index contributed by atoms with van der Waals surface area (Å²) < 4.78 is 0. The standard InChI is InChI=1S/C15H23N3O/c1-4-15(16,5-2)14(19)18-11-10-17(3)12-8-6-7-9-13(12)18/h6-9H,4-5,10-11,16H2,1-3H3. The van der Waals surface area contributed by atoms with Gasteiger partial charge in [0.1, 0.15) is 0 Å². The van der Waals surface area contributed by atoms with Crippen LogP contribution in [-0.2, 0) is 4.79 Å². The van der Waals surface area contributed by atoms with E-state index in [1.807, 2.05) is 43.0 Å². The normalized spacial score (nSPS) is 15.4. The molecule has 0 aliphatic carbocycles. The first-order valence-corrected chi connectivity index (χ1v) is 6.94. The van der Waals surface area contributed by atoms with Crippen LogP contribution in [0.2, 0.25) is 0 Å². The number of hydrogen-bond acceptors (Lipinski definition) is 3. The Bertz CT molecular complexity index is 468. The number of amides is 1. The van der Waals surface area contributed by atoms with Crippen molar-refractivity contribution in [2.45, 2.75) is 32.2 Å².